The predicted octanol–water partition coefficient (Wildman–Crippen LogP) is 2.79. The van der Waals surface area contributed by atoms with Crippen molar-refractivity contribution in [3.63, 3.8) is 0 Å². The Morgan fingerprint density at radius 3 is 2.32 bits per heavy atom. The summed E-state index contributed by atoms with van der Waals surface area (Å²) in [4.78, 5) is 14.8. The van der Waals surface area contributed by atoms with Crippen molar-refractivity contribution in [2.75, 3.05) is 19.6 Å². The van der Waals surface area contributed by atoms with Crippen LogP contribution in [-0.2, 0) is 4.79 Å². The molecule has 2 fully saturated rings. The molecule has 1 saturated carbocycles. The Labute approximate surface area is 117 Å². The standard InChI is InChI=1S/C16H30N2O/c1-3-16(4-2)9-10-18(12-16)15(19)14-7-5-13(11-17)6-8-14/h13-14H,3-12,17H2,1-2H3. The van der Waals surface area contributed by atoms with Gasteiger partial charge in [-0.2, -0.15) is 0 Å². The molecular weight excluding hydrogens is 236 g/mol. The molecule has 2 N–H and O–H groups in total. The van der Waals surface area contributed by atoms with Crippen LogP contribution in [0.3, 0.4) is 0 Å². The Hall–Kier alpha value is -0.570. The Morgan fingerprint density at radius 1 is 1.21 bits per heavy atom. The smallest absolute Gasteiger partial charge is 0.225 e. The molecule has 0 aromatic rings. The highest BCUT2D eigenvalue weighted by Crippen LogP contribution is 2.39. The molecule has 0 radical (unpaired) electrons. The number of likely N-dealkylation sites (tertiary alicyclic amines) is 1. The van der Waals surface area contributed by atoms with E-state index in [-0.39, 0.29) is 5.92 Å². The van der Waals surface area contributed by atoms with E-state index in [1.165, 1.54) is 19.3 Å². The van der Waals surface area contributed by atoms with Crippen LogP contribution >= 0.6 is 0 Å². The lowest BCUT2D eigenvalue weighted by molar-refractivity contribution is -0.136. The van der Waals surface area contributed by atoms with Crippen LogP contribution in [0.5, 0.6) is 0 Å². The van der Waals surface area contributed by atoms with E-state index in [0.717, 1.165) is 45.3 Å². The fourth-order valence-electron chi connectivity index (χ4n) is 3.85. The Balaban J connectivity index is 1.88. The SMILES string of the molecule is CCC1(CC)CCN(C(=O)C2CCC(CN)CC2)C1. The van der Waals surface area contributed by atoms with Crippen LogP contribution in [0.15, 0.2) is 0 Å². The molecule has 0 spiro atoms. The summed E-state index contributed by atoms with van der Waals surface area (Å²) in [6, 6.07) is 0. The van der Waals surface area contributed by atoms with Crippen LogP contribution in [0.4, 0.5) is 0 Å². The van der Waals surface area contributed by atoms with Crippen LogP contribution in [0, 0.1) is 17.3 Å². The number of hydrogen-bond donors (Lipinski definition) is 1. The van der Waals surface area contributed by atoms with E-state index in [2.05, 4.69) is 18.7 Å². The monoisotopic (exact) mass is 266 g/mol. The van der Waals surface area contributed by atoms with Gasteiger partial charge in [-0.1, -0.05) is 13.8 Å². The minimum Gasteiger partial charge on any atom is -0.342 e. The van der Waals surface area contributed by atoms with Gasteiger partial charge >= 0.3 is 0 Å². The third-order valence-corrected chi connectivity index (χ3v) is 5.78. The summed E-state index contributed by atoms with van der Waals surface area (Å²) in [5.41, 5.74) is 6.13. The normalized spacial score (nSPS) is 30.6. The van der Waals surface area contributed by atoms with Gasteiger partial charge in [-0.05, 0) is 62.8 Å². The van der Waals surface area contributed by atoms with E-state index in [4.69, 9.17) is 5.73 Å². The Bertz CT molecular complexity index is 304. The van der Waals surface area contributed by atoms with Crippen molar-refractivity contribution >= 4 is 5.91 Å². The van der Waals surface area contributed by atoms with Gasteiger partial charge in [0.15, 0.2) is 0 Å². The summed E-state index contributed by atoms with van der Waals surface area (Å²) in [7, 11) is 0. The topological polar surface area (TPSA) is 46.3 Å². The van der Waals surface area contributed by atoms with E-state index in [9.17, 15) is 4.79 Å². The van der Waals surface area contributed by atoms with Gasteiger partial charge < -0.3 is 10.6 Å². The van der Waals surface area contributed by atoms with Gasteiger partial charge in [0.1, 0.15) is 0 Å². The molecule has 3 heteroatoms. The van der Waals surface area contributed by atoms with Crippen molar-refractivity contribution < 1.29 is 4.79 Å². The summed E-state index contributed by atoms with van der Waals surface area (Å²) in [6.45, 7) is 7.31. The highest BCUT2D eigenvalue weighted by Gasteiger charge is 2.39. The summed E-state index contributed by atoms with van der Waals surface area (Å²) in [5, 5.41) is 0. The summed E-state index contributed by atoms with van der Waals surface area (Å²) in [5.74, 6) is 1.37. The van der Waals surface area contributed by atoms with E-state index < -0.39 is 0 Å². The zero-order chi connectivity index (χ0) is 13.9. The predicted molar refractivity (Wildman–Crippen MR) is 78.7 cm³/mol. The molecule has 0 atom stereocenters. The van der Waals surface area contributed by atoms with Gasteiger partial charge in [-0.15, -0.1) is 0 Å². The largest absolute Gasteiger partial charge is 0.342 e. The number of carbonyl (C=O) groups is 1. The first-order valence-corrected chi connectivity index (χ1v) is 8.13. The van der Waals surface area contributed by atoms with Crippen molar-refractivity contribution in [3.8, 4) is 0 Å². The first-order valence-electron chi connectivity index (χ1n) is 8.13. The van der Waals surface area contributed by atoms with Gasteiger partial charge in [0, 0.05) is 19.0 Å². The Kier molecular flexibility index (Phi) is 4.88. The van der Waals surface area contributed by atoms with Crippen molar-refractivity contribution in [3.05, 3.63) is 0 Å². The van der Waals surface area contributed by atoms with Gasteiger partial charge in [0.05, 0.1) is 0 Å². The maximum absolute atomic E-state index is 12.6. The van der Waals surface area contributed by atoms with E-state index in [1.54, 1.807) is 0 Å². The lowest BCUT2D eigenvalue weighted by Gasteiger charge is -2.31. The molecule has 0 aromatic heterocycles. The highest BCUT2D eigenvalue weighted by atomic mass is 16.2. The first kappa shape index (κ1) is 14.8. The zero-order valence-electron chi connectivity index (χ0n) is 12.7. The molecule has 1 aliphatic heterocycles. The number of rotatable bonds is 4. The second-order valence-corrected chi connectivity index (χ2v) is 6.67. The maximum atomic E-state index is 12.6. The van der Waals surface area contributed by atoms with Crippen LogP contribution < -0.4 is 5.73 Å². The van der Waals surface area contributed by atoms with E-state index >= 15 is 0 Å². The molecule has 3 nitrogen and oxygen atoms in total. The molecule has 19 heavy (non-hydrogen) atoms. The summed E-state index contributed by atoms with van der Waals surface area (Å²) >= 11 is 0. The lowest BCUT2D eigenvalue weighted by atomic mass is 9.81. The minimum absolute atomic E-state index is 0.285. The van der Waals surface area contributed by atoms with Gasteiger partial charge in [-0.25, -0.2) is 0 Å². The fourth-order valence-corrected chi connectivity index (χ4v) is 3.85. The highest BCUT2D eigenvalue weighted by molar-refractivity contribution is 5.79. The quantitative estimate of drug-likeness (QED) is 0.850. The van der Waals surface area contributed by atoms with Crippen LogP contribution in [-0.4, -0.2) is 30.4 Å². The number of nitrogens with two attached hydrogens (primary N) is 1. The summed E-state index contributed by atoms with van der Waals surface area (Å²) < 4.78 is 0. The molecule has 1 amide bonds. The molecule has 2 rings (SSSR count). The van der Waals surface area contributed by atoms with Gasteiger partial charge in [0.2, 0.25) is 5.91 Å². The molecule has 2 aliphatic rings. The van der Waals surface area contributed by atoms with Crippen molar-refractivity contribution in [1.82, 2.24) is 4.90 Å². The molecule has 1 saturated heterocycles. The van der Waals surface area contributed by atoms with Crippen LogP contribution in [0.1, 0.15) is 58.8 Å². The maximum Gasteiger partial charge on any atom is 0.225 e. The minimum atomic E-state index is 0.285. The second-order valence-electron chi connectivity index (χ2n) is 6.67. The molecular formula is C16H30N2O. The molecule has 0 unspecified atom stereocenters. The number of amides is 1. The Morgan fingerprint density at radius 2 is 1.84 bits per heavy atom. The third kappa shape index (κ3) is 3.13. The zero-order valence-corrected chi connectivity index (χ0v) is 12.7. The molecule has 110 valence electrons. The molecule has 1 aliphatic carbocycles. The van der Waals surface area contributed by atoms with Gasteiger partial charge in [0.25, 0.3) is 0 Å². The number of hydrogen-bond acceptors (Lipinski definition) is 2. The van der Waals surface area contributed by atoms with Crippen molar-refractivity contribution in [2.45, 2.75) is 58.8 Å². The fraction of sp³-hybridized carbons (Fsp3) is 0.938. The van der Waals surface area contributed by atoms with Gasteiger partial charge in [-0.3, -0.25) is 4.79 Å². The molecule has 0 bridgehead atoms. The van der Waals surface area contributed by atoms with Crippen molar-refractivity contribution in [1.29, 1.82) is 0 Å². The van der Waals surface area contributed by atoms with E-state index in [1.807, 2.05) is 0 Å². The number of carbonyl (C=O) groups excluding carboxylic acids is 1. The van der Waals surface area contributed by atoms with Crippen LogP contribution in [0.25, 0.3) is 0 Å². The molecule has 0 aromatic carbocycles. The van der Waals surface area contributed by atoms with Crippen molar-refractivity contribution in [2.24, 2.45) is 23.0 Å². The summed E-state index contributed by atoms with van der Waals surface area (Å²) in [6.07, 6.45) is 8.01. The first-order chi connectivity index (χ1) is 9.14. The van der Waals surface area contributed by atoms with E-state index in [0.29, 0.717) is 17.2 Å². The second kappa shape index (κ2) is 6.25. The molecule has 1 heterocycles. The third-order valence-electron chi connectivity index (χ3n) is 5.78. The lowest BCUT2D eigenvalue weighted by Crippen LogP contribution is -2.38. The van der Waals surface area contributed by atoms with Crippen LogP contribution in [0.2, 0.25) is 0 Å². The number of nitrogens with zero attached hydrogens (tertiary/aromatic N) is 1. The average molecular weight is 266 g/mol. The average Bonchev–Trinajstić information content (AvgIpc) is 2.92.